The van der Waals surface area contributed by atoms with Crippen LogP contribution in [0.25, 0.3) is 11.1 Å². The van der Waals surface area contributed by atoms with E-state index >= 15 is 0 Å². The number of hydrogen-bond donors (Lipinski definition) is 0. The predicted octanol–water partition coefficient (Wildman–Crippen LogP) is 4.38. The monoisotopic (exact) mass is 416 g/mol. The lowest BCUT2D eigenvalue weighted by molar-refractivity contribution is 0.0706. The fourth-order valence-electron chi connectivity index (χ4n) is 3.63. The van der Waals surface area contributed by atoms with Crippen molar-refractivity contribution in [2.24, 2.45) is 0 Å². The van der Waals surface area contributed by atoms with Crippen LogP contribution < -0.4 is 0 Å². The molecule has 1 saturated heterocycles. The minimum absolute atomic E-state index is 0.0199. The van der Waals surface area contributed by atoms with Crippen molar-refractivity contribution in [2.45, 2.75) is 24.5 Å². The third kappa shape index (κ3) is 4.13. The minimum atomic E-state index is -0.928. The maximum atomic E-state index is 12.9. The zero-order valence-electron chi connectivity index (χ0n) is 15.6. The van der Waals surface area contributed by atoms with Gasteiger partial charge in [-0.1, -0.05) is 23.7 Å². The molecule has 1 amide bonds. The Balaban J connectivity index is 1.43. The highest BCUT2D eigenvalue weighted by Crippen LogP contribution is 2.31. The van der Waals surface area contributed by atoms with Gasteiger partial charge in [0.2, 0.25) is 0 Å². The molecule has 0 saturated carbocycles. The first-order valence-corrected chi connectivity index (χ1v) is 11.3. The van der Waals surface area contributed by atoms with E-state index in [1.165, 1.54) is 0 Å². The second kappa shape index (κ2) is 8.05. The molecule has 1 aliphatic rings. The van der Waals surface area contributed by atoms with Crippen molar-refractivity contribution in [3.8, 4) is 0 Å². The van der Waals surface area contributed by atoms with Gasteiger partial charge in [-0.25, -0.2) is 4.98 Å². The summed E-state index contributed by atoms with van der Waals surface area (Å²) in [5, 5.41) is 0.641. The van der Waals surface area contributed by atoms with Gasteiger partial charge in [0.05, 0.1) is 0 Å². The van der Waals surface area contributed by atoms with Gasteiger partial charge in [0.1, 0.15) is 5.52 Å². The zero-order valence-corrected chi connectivity index (χ0v) is 17.1. The molecule has 146 valence electrons. The molecule has 1 atom stereocenters. The van der Waals surface area contributed by atoms with Gasteiger partial charge < -0.3 is 9.32 Å². The molecular weight excluding hydrogens is 396 g/mol. The largest absolute Gasteiger partial charge is 0.440 e. The molecule has 28 heavy (non-hydrogen) atoms. The number of oxazole rings is 1. The predicted molar refractivity (Wildman–Crippen MR) is 111 cm³/mol. The summed E-state index contributed by atoms with van der Waals surface area (Å²) in [7, 11) is -0.928. The first kappa shape index (κ1) is 19.2. The van der Waals surface area contributed by atoms with Crippen LogP contribution in [0.4, 0.5) is 0 Å². The maximum Gasteiger partial charge on any atom is 0.253 e. The van der Waals surface area contributed by atoms with E-state index in [1.807, 2.05) is 35.2 Å². The summed E-state index contributed by atoms with van der Waals surface area (Å²) in [6.45, 7) is 1.32. The van der Waals surface area contributed by atoms with Crippen molar-refractivity contribution in [1.29, 1.82) is 0 Å². The van der Waals surface area contributed by atoms with Gasteiger partial charge in [0, 0.05) is 52.4 Å². The maximum absolute atomic E-state index is 12.9. The molecule has 2 aromatic carbocycles. The van der Waals surface area contributed by atoms with E-state index in [-0.39, 0.29) is 11.8 Å². The lowest BCUT2D eigenvalue weighted by atomic mass is 9.96. The first-order chi connectivity index (χ1) is 13.5. The summed E-state index contributed by atoms with van der Waals surface area (Å²) in [6, 6.07) is 12.9. The fourth-order valence-corrected chi connectivity index (χ4v) is 4.45. The molecule has 0 spiro atoms. The zero-order chi connectivity index (χ0) is 19.7. The minimum Gasteiger partial charge on any atom is -0.440 e. The lowest BCUT2D eigenvalue weighted by Crippen LogP contribution is -2.38. The first-order valence-electron chi connectivity index (χ1n) is 9.24. The molecule has 0 bridgehead atoms. The van der Waals surface area contributed by atoms with E-state index in [4.69, 9.17) is 16.0 Å². The highest BCUT2D eigenvalue weighted by molar-refractivity contribution is 7.83. The van der Waals surface area contributed by atoms with Crippen molar-refractivity contribution in [1.82, 2.24) is 9.88 Å². The average molecular weight is 417 g/mol. The van der Waals surface area contributed by atoms with Crippen LogP contribution in [0, 0.1) is 0 Å². The molecule has 0 N–H and O–H groups in total. The van der Waals surface area contributed by atoms with Crippen LogP contribution in [0.5, 0.6) is 0 Å². The van der Waals surface area contributed by atoms with Crippen molar-refractivity contribution in [3.63, 3.8) is 0 Å². The molecule has 1 aliphatic heterocycles. The molecule has 0 unspecified atom stereocenters. The van der Waals surface area contributed by atoms with Crippen molar-refractivity contribution in [3.05, 3.63) is 64.5 Å². The number of hydrogen-bond acceptors (Lipinski definition) is 4. The number of piperidine rings is 1. The SMILES string of the molecule is C[S@](=O)Cc1cccc(C(=O)N2CCC(c3nc4cc(Cl)ccc4o3)CC2)c1. The summed E-state index contributed by atoms with van der Waals surface area (Å²) in [6.07, 6.45) is 3.29. The van der Waals surface area contributed by atoms with E-state index in [0.717, 1.165) is 35.4 Å². The Morgan fingerprint density at radius 3 is 2.79 bits per heavy atom. The van der Waals surface area contributed by atoms with Crippen LogP contribution in [0.3, 0.4) is 0 Å². The van der Waals surface area contributed by atoms with Gasteiger partial charge in [0.25, 0.3) is 5.91 Å². The molecule has 1 aromatic heterocycles. The molecular formula is C21H21ClN2O3S. The van der Waals surface area contributed by atoms with Crippen LogP contribution in [-0.4, -0.2) is 39.3 Å². The normalized spacial score (nSPS) is 16.4. The number of nitrogens with zero attached hydrogens (tertiary/aromatic N) is 2. The Bertz CT molecular complexity index is 1040. The van der Waals surface area contributed by atoms with E-state index in [0.29, 0.717) is 29.4 Å². The van der Waals surface area contributed by atoms with Crippen LogP contribution >= 0.6 is 11.6 Å². The number of benzene rings is 2. The smallest absolute Gasteiger partial charge is 0.253 e. The summed E-state index contributed by atoms with van der Waals surface area (Å²) in [5.74, 6) is 1.40. The number of carbonyl (C=O) groups excluding carboxylic acids is 1. The highest BCUT2D eigenvalue weighted by atomic mass is 35.5. The Morgan fingerprint density at radius 1 is 1.25 bits per heavy atom. The third-order valence-corrected chi connectivity index (χ3v) is 6.02. The van der Waals surface area contributed by atoms with E-state index in [2.05, 4.69) is 4.98 Å². The standard InChI is InChI=1S/C21H21ClN2O3S/c1-28(26)13-14-3-2-4-16(11-14)21(25)24-9-7-15(8-10-24)20-23-18-12-17(22)5-6-19(18)27-20/h2-6,11-12,15H,7-10,13H2,1H3/t28-/m0/s1. The number of fused-ring (bicyclic) bond motifs is 1. The van der Waals surface area contributed by atoms with Gasteiger partial charge in [-0.3, -0.25) is 9.00 Å². The van der Waals surface area contributed by atoms with Gasteiger partial charge in [-0.05, 0) is 48.7 Å². The number of rotatable bonds is 4. The van der Waals surface area contributed by atoms with Crippen LogP contribution in [0.15, 0.2) is 46.9 Å². The summed E-state index contributed by atoms with van der Waals surface area (Å²) < 4.78 is 17.3. The Hall–Kier alpha value is -2.18. The Morgan fingerprint density at radius 2 is 2.04 bits per heavy atom. The van der Waals surface area contributed by atoms with Gasteiger partial charge in [0.15, 0.2) is 11.5 Å². The second-order valence-corrected chi connectivity index (χ2v) is 9.02. The van der Waals surface area contributed by atoms with Crippen LogP contribution in [0.2, 0.25) is 5.02 Å². The van der Waals surface area contributed by atoms with Crippen molar-refractivity contribution < 1.29 is 13.4 Å². The summed E-state index contributed by atoms with van der Waals surface area (Å²) in [4.78, 5) is 19.3. The van der Waals surface area contributed by atoms with Crippen molar-refractivity contribution in [2.75, 3.05) is 19.3 Å². The third-order valence-electron chi connectivity index (χ3n) is 5.04. The number of halogens is 1. The lowest BCUT2D eigenvalue weighted by Gasteiger charge is -2.30. The van der Waals surface area contributed by atoms with Gasteiger partial charge >= 0.3 is 0 Å². The topological polar surface area (TPSA) is 63.4 Å². The van der Waals surface area contributed by atoms with E-state index < -0.39 is 10.8 Å². The second-order valence-electron chi connectivity index (χ2n) is 7.15. The highest BCUT2D eigenvalue weighted by Gasteiger charge is 2.27. The molecule has 7 heteroatoms. The molecule has 0 aliphatic carbocycles. The quantitative estimate of drug-likeness (QED) is 0.633. The average Bonchev–Trinajstić information content (AvgIpc) is 3.10. The molecule has 1 fully saturated rings. The van der Waals surface area contributed by atoms with Crippen molar-refractivity contribution >= 4 is 39.4 Å². The Kier molecular flexibility index (Phi) is 5.51. The molecule has 4 rings (SSSR count). The Labute approximate surface area is 171 Å². The number of likely N-dealkylation sites (tertiary alicyclic amines) is 1. The fraction of sp³-hybridized carbons (Fsp3) is 0.333. The number of amides is 1. The van der Waals surface area contributed by atoms with Gasteiger partial charge in [-0.2, -0.15) is 0 Å². The van der Waals surface area contributed by atoms with E-state index in [9.17, 15) is 9.00 Å². The number of aromatic nitrogens is 1. The molecule has 5 nitrogen and oxygen atoms in total. The molecule has 3 aromatic rings. The van der Waals surface area contributed by atoms with Crippen LogP contribution in [-0.2, 0) is 16.6 Å². The molecule has 0 radical (unpaired) electrons. The molecule has 2 heterocycles. The van der Waals surface area contributed by atoms with Gasteiger partial charge in [-0.15, -0.1) is 0 Å². The van der Waals surface area contributed by atoms with Crippen LogP contribution in [0.1, 0.15) is 40.6 Å². The van der Waals surface area contributed by atoms with E-state index in [1.54, 1.807) is 18.4 Å². The number of carbonyl (C=O) groups is 1. The summed E-state index contributed by atoms with van der Waals surface area (Å²) in [5.41, 5.74) is 3.08. The summed E-state index contributed by atoms with van der Waals surface area (Å²) >= 11 is 6.02.